The van der Waals surface area contributed by atoms with Gasteiger partial charge in [-0.3, -0.25) is 4.79 Å². The molecule has 5 heteroatoms. The van der Waals surface area contributed by atoms with E-state index >= 15 is 0 Å². The lowest BCUT2D eigenvalue weighted by molar-refractivity contribution is 0.102. The van der Waals surface area contributed by atoms with Gasteiger partial charge in [0.1, 0.15) is 0 Å². The summed E-state index contributed by atoms with van der Waals surface area (Å²) in [6.07, 6.45) is 5.76. The summed E-state index contributed by atoms with van der Waals surface area (Å²) in [6.45, 7) is 4.34. The monoisotopic (exact) mass is 407 g/mol. The summed E-state index contributed by atoms with van der Waals surface area (Å²) in [4.78, 5) is 19.0. The van der Waals surface area contributed by atoms with E-state index in [9.17, 15) is 4.79 Å². The molecule has 2 N–H and O–H groups in total. The molecule has 2 aromatic carbocycles. The number of rotatable bonds is 3. The molecule has 2 heterocycles. The number of nitrogens with one attached hydrogen (secondary N) is 2. The second kappa shape index (κ2) is 7.42. The first-order valence-electron chi connectivity index (χ1n) is 10.6. The fraction of sp³-hybridized carbons (Fsp3) is 0.375. The van der Waals surface area contributed by atoms with Gasteiger partial charge in [0.05, 0.1) is 11.4 Å². The van der Waals surface area contributed by atoms with Crippen molar-refractivity contribution in [1.29, 1.82) is 0 Å². The number of fused-ring (bicyclic) bond motifs is 3. The van der Waals surface area contributed by atoms with Gasteiger partial charge in [-0.25, -0.2) is 0 Å². The number of aromatic amines is 1. The first-order chi connectivity index (χ1) is 14.1. The van der Waals surface area contributed by atoms with E-state index in [1.165, 1.54) is 35.9 Å². The summed E-state index contributed by atoms with van der Waals surface area (Å²) in [5, 5.41) is 4.93. The molecule has 3 aromatic rings. The molecule has 2 aliphatic rings. The van der Waals surface area contributed by atoms with Crippen molar-refractivity contribution in [1.82, 2.24) is 4.98 Å². The minimum absolute atomic E-state index is 0.0894. The fourth-order valence-electron chi connectivity index (χ4n) is 4.77. The maximum atomic E-state index is 13.1. The highest BCUT2D eigenvalue weighted by molar-refractivity contribution is 6.31. The molecule has 1 aliphatic carbocycles. The minimum Gasteiger partial charge on any atom is -0.370 e. The largest absolute Gasteiger partial charge is 0.370 e. The van der Waals surface area contributed by atoms with Gasteiger partial charge in [-0.15, -0.1) is 0 Å². The second-order valence-corrected chi connectivity index (χ2v) is 8.94. The van der Waals surface area contributed by atoms with Crippen LogP contribution in [0.15, 0.2) is 36.4 Å². The molecule has 1 fully saturated rings. The molecule has 0 bridgehead atoms. The highest BCUT2D eigenvalue weighted by Gasteiger charge is 2.21. The molecule has 1 aromatic heterocycles. The number of amides is 1. The lowest BCUT2D eigenvalue weighted by Gasteiger charge is -2.22. The Kier molecular flexibility index (Phi) is 4.75. The Morgan fingerprint density at radius 3 is 2.83 bits per heavy atom. The normalized spacial score (nSPS) is 18.8. The van der Waals surface area contributed by atoms with Crippen molar-refractivity contribution < 1.29 is 4.79 Å². The van der Waals surface area contributed by atoms with Crippen molar-refractivity contribution in [3.63, 3.8) is 0 Å². The van der Waals surface area contributed by atoms with Gasteiger partial charge in [0.15, 0.2) is 0 Å². The number of aryl methyl sites for hydroxylation is 1. The molecule has 1 atom stereocenters. The molecule has 29 heavy (non-hydrogen) atoms. The van der Waals surface area contributed by atoms with Crippen LogP contribution in [-0.4, -0.2) is 24.0 Å². The topological polar surface area (TPSA) is 48.1 Å². The minimum atomic E-state index is -0.0894. The lowest BCUT2D eigenvalue weighted by Crippen LogP contribution is -2.21. The number of nitrogens with zero attached hydrogens (tertiary/aromatic N) is 1. The van der Waals surface area contributed by atoms with Crippen molar-refractivity contribution >= 4 is 39.8 Å². The Bertz CT molecular complexity index is 1080. The third-order valence-corrected chi connectivity index (χ3v) is 6.59. The zero-order valence-electron chi connectivity index (χ0n) is 16.7. The van der Waals surface area contributed by atoms with Gasteiger partial charge in [0.25, 0.3) is 5.91 Å². The third kappa shape index (κ3) is 3.51. The van der Waals surface area contributed by atoms with Crippen LogP contribution in [0.25, 0.3) is 10.9 Å². The molecule has 0 spiro atoms. The van der Waals surface area contributed by atoms with Crippen molar-refractivity contribution in [3.05, 3.63) is 58.2 Å². The number of hydrogen-bond donors (Lipinski definition) is 2. The molecule has 1 saturated heterocycles. The number of H-pyrrole nitrogens is 1. The van der Waals surface area contributed by atoms with E-state index in [0.717, 1.165) is 42.8 Å². The maximum Gasteiger partial charge on any atom is 0.255 e. The number of aromatic nitrogens is 1. The van der Waals surface area contributed by atoms with Crippen molar-refractivity contribution in [3.8, 4) is 0 Å². The molecular weight excluding hydrogens is 382 g/mol. The van der Waals surface area contributed by atoms with Crippen molar-refractivity contribution in [2.24, 2.45) is 5.92 Å². The van der Waals surface area contributed by atoms with Crippen LogP contribution in [0.3, 0.4) is 0 Å². The number of anilines is 2. The molecule has 0 saturated carbocycles. The van der Waals surface area contributed by atoms with E-state index in [-0.39, 0.29) is 5.91 Å². The quantitative estimate of drug-likeness (QED) is 0.576. The molecule has 4 nitrogen and oxygen atoms in total. The molecule has 150 valence electrons. The van der Waals surface area contributed by atoms with Crippen LogP contribution in [-0.2, 0) is 12.8 Å². The second-order valence-electron chi connectivity index (χ2n) is 8.50. The molecule has 1 amide bonds. The first-order valence-corrected chi connectivity index (χ1v) is 11.0. The van der Waals surface area contributed by atoms with Crippen molar-refractivity contribution in [2.45, 2.75) is 39.0 Å². The van der Waals surface area contributed by atoms with E-state index in [0.29, 0.717) is 16.5 Å². The number of benzene rings is 2. The van der Waals surface area contributed by atoms with Crippen LogP contribution in [0.5, 0.6) is 0 Å². The van der Waals surface area contributed by atoms with Crippen LogP contribution in [0.1, 0.15) is 47.8 Å². The Labute approximate surface area is 176 Å². The van der Waals surface area contributed by atoms with Crippen LogP contribution in [0.2, 0.25) is 5.02 Å². The lowest BCUT2D eigenvalue weighted by atomic mass is 9.87. The SMILES string of the molecule is C[C@H]1CCc2[nH]c3ccc(C(=O)Nc4cc(Cl)ccc4N4CCCC4)cc3c2C1. The van der Waals surface area contributed by atoms with Crippen LogP contribution in [0, 0.1) is 5.92 Å². The summed E-state index contributed by atoms with van der Waals surface area (Å²) in [6, 6.07) is 11.7. The Balaban J connectivity index is 1.46. The fourth-order valence-corrected chi connectivity index (χ4v) is 4.94. The molecule has 1 aliphatic heterocycles. The summed E-state index contributed by atoms with van der Waals surface area (Å²) in [5.74, 6) is 0.599. The van der Waals surface area contributed by atoms with E-state index < -0.39 is 0 Å². The Hall–Kier alpha value is -2.46. The molecule has 0 unspecified atom stereocenters. The maximum absolute atomic E-state index is 13.1. The summed E-state index contributed by atoms with van der Waals surface area (Å²) in [7, 11) is 0. The highest BCUT2D eigenvalue weighted by Crippen LogP contribution is 2.34. The first kappa shape index (κ1) is 18.6. The zero-order chi connectivity index (χ0) is 20.0. The summed E-state index contributed by atoms with van der Waals surface area (Å²) >= 11 is 6.24. The number of hydrogen-bond acceptors (Lipinski definition) is 2. The highest BCUT2D eigenvalue weighted by atomic mass is 35.5. The van der Waals surface area contributed by atoms with E-state index in [2.05, 4.69) is 22.1 Å². The predicted molar refractivity (Wildman–Crippen MR) is 120 cm³/mol. The number of halogens is 1. The van der Waals surface area contributed by atoms with Gasteiger partial charge in [0.2, 0.25) is 0 Å². The molecule has 5 rings (SSSR count). The summed E-state index contributed by atoms with van der Waals surface area (Å²) in [5.41, 5.74) is 6.37. The number of carbonyl (C=O) groups is 1. The van der Waals surface area contributed by atoms with Gasteiger partial charge in [-0.2, -0.15) is 0 Å². The van der Waals surface area contributed by atoms with Gasteiger partial charge < -0.3 is 15.2 Å². The average molecular weight is 408 g/mol. The number of carbonyl (C=O) groups excluding carboxylic acids is 1. The van der Waals surface area contributed by atoms with Gasteiger partial charge in [-0.05, 0) is 80.0 Å². The molecular formula is C24H26ClN3O. The Morgan fingerprint density at radius 1 is 1.17 bits per heavy atom. The molecule has 0 radical (unpaired) electrons. The Morgan fingerprint density at radius 2 is 2.00 bits per heavy atom. The smallest absolute Gasteiger partial charge is 0.255 e. The van der Waals surface area contributed by atoms with Crippen LogP contribution in [0.4, 0.5) is 11.4 Å². The zero-order valence-corrected chi connectivity index (χ0v) is 17.5. The van der Waals surface area contributed by atoms with Gasteiger partial charge >= 0.3 is 0 Å². The standard InChI is InChI=1S/C24H26ClN3O/c1-15-4-7-20-18(12-15)19-13-16(5-8-21(19)26-20)24(29)27-22-14-17(25)6-9-23(22)28-10-2-3-11-28/h5-6,8-9,13-15,26H,2-4,7,10-12H2,1H3,(H,27,29)/t15-/m0/s1. The van der Waals surface area contributed by atoms with E-state index in [1.54, 1.807) is 0 Å². The predicted octanol–water partition coefficient (Wildman–Crippen LogP) is 5.80. The summed E-state index contributed by atoms with van der Waals surface area (Å²) < 4.78 is 0. The van der Waals surface area contributed by atoms with E-state index in [4.69, 9.17) is 11.6 Å². The van der Waals surface area contributed by atoms with Crippen molar-refractivity contribution in [2.75, 3.05) is 23.3 Å². The van der Waals surface area contributed by atoms with Gasteiger partial charge in [-0.1, -0.05) is 18.5 Å². The average Bonchev–Trinajstić information content (AvgIpc) is 3.35. The van der Waals surface area contributed by atoms with Gasteiger partial charge in [0, 0.05) is 40.3 Å². The van der Waals surface area contributed by atoms with Crippen LogP contribution < -0.4 is 10.2 Å². The third-order valence-electron chi connectivity index (χ3n) is 6.35. The van der Waals surface area contributed by atoms with Crippen LogP contribution >= 0.6 is 11.6 Å². The van der Waals surface area contributed by atoms with E-state index in [1.807, 2.05) is 36.4 Å².